The molecule has 2 aromatic rings. The fourth-order valence-corrected chi connectivity index (χ4v) is 6.84. The Morgan fingerprint density at radius 2 is 1.75 bits per heavy atom. The zero-order chi connectivity index (χ0) is 22.9. The molecule has 1 aliphatic heterocycles. The van der Waals surface area contributed by atoms with Crippen LogP contribution in [0.25, 0.3) is 11.1 Å². The molecule has 9 heteroatoms. The highest BCUT2D eigenvalue weighted by atomic mass is 32.2. The summed E-state index contributed by atoms with van der Waals surface area (Å²) in [6.45, 7) is 4.94. The maximum absolute atomic E-state index is 13.2. The standard InChI is InChI=1S/C23H33N3O5S/c1-16-11-17(2)14-25(13-16)32(29,30)19-9-10-20-21(12-19)31-23(28)26(20)15-22(27)24-18-7-5-3-4-6-8-18/h9-10,12,16-18H,3-8,11,13-15H2,1-2H3,(H,24,27). The second-order valence-electron chi connectivity index (χ2n) is 9.61. The van der Waals surface area contributed by atoms with Crippen LogP contribution in [0.3, 0.4) is 0 Å². The van der Waals surface area contributed by atoms with Gasteiger partial charge in [0.25, 0.3) is 0 Å². The zero-order valence-corrected chi connectivity index (χ0v) is 19.7. The summed E-state index contributed by atoms with van der Waals surface area (Å²) in [6.07, 6.45) is 7.52. The van der Waals surface area contributed by atoms with E-state index in [9.17, 15) is 18.0 Å². The summed E-state index contributed by atoms with van der Waals surface area (Å²) < 4.78 is 34.5. The van der Waals surface area contributed by atoms with Crippen molar-refractivity contribution in [2.75, 3.05) is 13.1 Å². The average Bonchev–Trinajstić information content (AvgIpc) is 2.88. The van der Waals surface area contributed by atoms with E-state index in [2.05, 4.69) is 19.2 Å². The third kappa shape index (κ3) is 4.93. The normalized spacial score (nSPS) is 23.8. The van der Waals surface area contributed by atoms with Gasteiger partial charge in [-0.25, -0.2) is 13.2 Å². The lowest BCUT2D eigenvalue weighted by Gasteiger charge is -2.34. The first-order valence-electron chi connectivity index (χ1n) is 11.7. The molecule has 32 heavy (non-hydrogen) atoms. The molecule has 0 spiro atoms. The summed E-state index contributed by atoms with van der Waals surface area (Å²) in [6, 6.07) is 4.60. The fraction of sp³-hybridized carbons (Fsp3) is 0.652. The summed E-state index contributed by atoms with van der Waals surface area (Å²) >= 11 is 0. The predicted octanol–water partition coefficient (Wildman–Crippen LogP) is 3.10. The van der Waals surface area contributed by atoms with E-state index in [4.69, 9.17) is 4.42 Å². The lowest BCUT2D eigenvalue weighted by Crippen LogP contribution is -2.42. The van der Waals surface area contributed by atoms with Crippen molar-refractivity contribution in [1.82, 2.24) is 14.2 Å². The lowest BCUT2D eigenvalue weighted by molar-refractivity contribution is -0.122. The van der Waals surface area contributed by atoms with Crippen molar-refractivity contribution in [3.63, 3.8) is 0 Å². The van der Waals surface area contributed by atoms with E-state index in [1.165, 1.54) is 33.8 Å². The minimum atomic E-state index is -3.69. The Bertz CT molecular complexity index is 1120. The van der Waals surface area contributed by atoms with E-state index >= 15 is 0 Å². The van der Waals surface area contributed by atoms with Crippen LogP contribution in [0.15, 0.2) is 32.3 Å². The quantitative estimate of drug-likeness (QED) is 0.687. The topological polar surface area (TPSA) is 102 Å². The second-order valence-corrected chi connectivity index (χ2v) is 11.5. The Morgan fingerprint density at radius 3 is 2.41 bits per heavy atom. The van der Waals surface area contributed by atoms with Gasteiger partial charge in [0.05, 0.1) is 10.4 Å². The summed E-state index contributed by atoms with van der Waals surface area (Å²) in [7, 11) is -3.69. The largest absolute Gasteiger partial charge is 0.420 e. The number of nitrogens with zero attached hydrogens (tertiary/aromatic N) is 2. The number of fused-ring (bicyclic) bond motifs is 1. The molecule has 1 amide bonds. The first-order chi connectivity index (χ1) is 15.2. The molecule has 4 rings (SSSR count). The molecule has 176 valence electrons. The van der Waals surface area contributed by atoms with Crippen molar-refractivity contribution < 1.29 is 17.6 Å². The van der Waals surface area contributed by atoms with Crippen molar-refractivity contribution >= 4 is 27.0 Å². The number of hydrogen-bond donors (Lipinski definition) is 1. The summed E-state index contributed by atoms with van der Waals surface area (Å²) in [5, 5.41) is 3.03. The molecule has 2 fully saturated rings. The molecule has 1 saturated carbocycles. The number of aromatic nitrogens is 1. The Morgan fingerprint density at radius 1 is 1.09 bits per heavy atom. The number of rotatable bonds is 5. The highest BCUT2D eigenvalue weighted by Gasteiger charge is 2.32. The number of carbonyl (C=O) groups excluding carboxylic acids is 1. The summed E-state index contributed by atoms with van der Waals surface area (Å²) in [5.41, 5.74) is 0.599. The molecule has 2 unspecified atom stereocenters. The van der Waals surface area contributed by atoms with E-state index in [1.807, 2.05) is 0 Å². The molecule has 1 saturated heterocycles. The van der Waals surface area contributed by atoms with Gasteiger partial charge in [-0.2, -0.15) is 4.31 Å². The minimum absolute atomic E-state index is 0.107. The molecule has 1 aromatic carbocycles. The van der Waals surface area contributed by atoms with Crippen LogP contribution in [0.2, 0.25) is 0 Å². The number of nitrogens with one attached hydrogen (secondary N) is 1. The van der Waals surface area contributed by atoms with Crippen molar-refractivity contribution in [3.05, 3.63) is 28.7 Å². The SMILES string of the molecule is CC1CC(C)CN(S(=O)(=O)c2ccc3c(c2)oc(=O)n3CC(=O)NC2CCCCCC2)C1. The molecule has 0 radical (unpaired) electrons. The average molecular weight is 464 g/mol. The van der Waals surface area contributed by atoms with Gasteiger partial charge in [0.2, 0.25) is 15.9 Å². The fourth-order valence-electron chi connectivity index (χ4n) is 5.15. The number of benzene rings is 1. The summed E-state index contributed by atoms with van der Waals surface area (Å²) in [4.78, 5) is 25.1. The van der Waals surface area contributed by atoms with Gasteiger partial charge in [-0.1, -0.05) is 39.5 Å². The first kappa shape index (κ1) is 23.0. The van der Waals surface area contributed by atoms with Crippen molar-refractivity contribution in [2.24, 2.45) is 11.8 Å². The Balaban J connectivity index is 1.54. The van der Waals surface area contributed by atoms with Gasteiger partial charge in [-0.05, 0) is 43.2 Å². The van der Waals surface area contributed by atoms with Gasteiger partial charge in [0, 0.05) is 25.2 Å². The van der Waals surface area contributed by atoms with E-state index in [-0.39, 0.29) is 29.0 Å². The Kier molecular flexibility index (Phi) is 6.76. The molecule has 1 aliphatic carbocycles. The Hall–Kier alpha value is -2.13. The van der Waals surface area contributed by atoms with Gasteiger partial charge in [-0.15, -0.1) is 0 Å². The third-order valence-electron chi connectivity index (χ3n) is 6.63. The van der Waals surface area contributed by atoms with Crippen molar-refractivity contribution in [1.29, 1.82) is 0 Å². The van der Waals surface area contributed by atoms with E-state index in [0.717, 1.165) is 32.1 Å². The van der Waals surface area contributed by atoms with Crippen molar-refractivity contribution in [3.8, 4) is 0 Å². The number of carbonyl (C=O) groups is 1. The van der Waals surface area contributed by atoms with Crippen LogP contribution in [0.4, 0.5) is 0 Å². The van der Waals surface area contributed by atoms with Crippen LogP contribution in [0, 0.1) is 11.8 Å². The van der Waals surface area contributed by atoms with Gasteiger partial charge in [-0.3, -0.25) is 9.36 Å². The minimum Gasteiger partial charge on any atom is -0.408 e. The number of amides is 1. The number of sulfonamides is 1. The van der Waals surface area contributed by atoms with Gasteiger partial charge < -0.3 is 9.73 Å². The second kappa shape index (κ2) is 9.39. The highest BCUT2D eigenvalue weighted by molar-refractivity contribution is 7.89. The third-order valence-corrected chi connectivity index (χ3v) is 8.46. The maximum Gasteiger partial charge on any atom is 0.420 e. The summed E-state index contributed by atoms with van der Waals surface area (Å²) in [5.74, 6) is -0.299. The number of hydrogen-bond acceptors (Lipinski definition) is 5. The van der Waals surface area contributed by atoms with Crippen LogP contribution < -0.4 is 11.1 Å². The van der Waals surface area contributed by atoms with Gasteiger partial charge in [0.15, 0.2) is 5.58 Å². The molecule has 0 bridgehead atoms. The van der Waals surface area contributed by atoms with E-state index < -0.39 is 15.8 Å². The number of oxazole rings is 1. The molecule has 8 nitrogen and oxygen atoms in total. The van der Waals surface area contributed by atoms with Crippen molar-refractivity contribution in [2.45, 2.75) is 76.3 Å². The molecule has 2 atom stereocenters. The molecular formula is C23H33N3O5S. The zero-order valence-electron chi connectivity index (χ0n) is 18.9. The molecule has 2 aliphatic rings. The molecule has 1 aromatic heterocycles. The highest BCUT2D eigenvalue weighted by Crippen LogP contribution is 2.28. The maximum atomic E-state index is 13.2. The van der Waals surface area contributed by atoms with Crippen LogP contribution >= 0.6 is 0 Å². The Labute approximate surface area is 189 Å². The van der Waals surface area contributed by atoms with Gasteiger partial charge in [0.1, 0.15) is 6.54 Å². The van der Waals surface area contributed by atoms with E-state index in [1.54, 1.807) is 6.07 Å². The van der Waals surface area contributed by atoms with Crippen LogP contribution in [0.5, 0.6) is 0 Å². The van der Waals surface area contributed by atoms with Crippen LogP contribution in [-0.2, 0) is 21.4 Å². The number of piperidine rings is 1. The monoisotopic (exact) mass is 463 g/mol. The van der Waals surface area contributed by atoms with Crippen LogP contribution in [0.1, 0.15) is 58.8 Å². The lowest BCUT2D eigenvalue weighted by atomic mass is 9.94. The van der Waals surface area contributed by atoms with E-state index in [0.29, 0.717) is 30.4 Å². The smallest absolute Gasteiger partial charge is 0.408 e. The molecular weight excluding hydrogens is 430 g/mol. The van der Waals surface area contributed by atoms with Crippen LogP contribution in [-0.4, -0.2) is 42.3 Å². The predicted molar refractivity (Wildman–Crippen MR) is 122 cm³/mol. The molecule has 1 N–H and O–H groups in total. The van der Waals surface area contributed by atoms with Gasteiger partial charge >= 0.3 is 5.76 Å². The first-order valence-corrected chi connectivity index (χ1v) is 13.1. The molecule has 2 heterocycles.